The molecule has 3 rings (SSSR count). The van der Waals surface area contributed by atoms with E-state index in [0.29, 0.717) is 16.5 Å². The summed E-state index contributed by atoms with van der Waals surface area (Å²) in [6.07, 6.45) is 2.83. The van der Waals surface area contributed by atoms with E-state index in [1.807, 2.05) is 13.8 Å². The Labute approximate surface area is 164 Å². The number of nitrogens with zero attached hydrogens (tertiary/aromatic N) is 2. The van der Waals surface area contributed by atoms with Gasteiger partial charge in [0.2, 0.25) is 5.91 Å². The molecule has 1 N–H and O–H groups in total. The van der Waals surface area contributed by atoms with E-state index in [1.165, 1.54) is 46.4 Å². The van der Waals surface area contributed by atoms with Crippen LogP contribution in [0.1, 0.15) is 46.1 Å². The van der Waals surface area contributed by atoms with Crippen LogP contribution < -0.4 is 5.32 Å². The number of thiophene rings is 1. The molecule has 0 aromatic carbocycles. The molecule has 6 nitrogen and oxygen atoms in total. The molecule has 1 amide bonds. The van der Waals surface area contributed by atoms with Gasteiger partial charge in [0.25, 0.3) is 0 Å². The van der Waals surface area contributed by atoms with Crippen molar-refractivity contribution in [2.24, 2.45) is 5.92 Å². The number of aryl methyl sites for hydroxylation is 1. The highest BCUT2D eigenvalue weighted by Gasteiger charge is 2.29. The summed E-state index contributed by atoms with van der Waals surface area (Å²) in [5.41, 5.74) is 1.56. The molecule has 2 atom stereocenters. The molecule has 9 heteroatoms. The Bertz CT molecular complexity index is 831. The van der Waals surface area contributed by atoms with Crippen LogP contribution in [0.4, 0.5) is 5.00 Å². The molecule has 26 heavy (non-hydrogen) atoms. The molecule has 0 saturated heterocycles. The summed E-state index contributed by atoms with van der Waals surface area (Å²) in [5, 5.41) is 12.1. The number of rotatable bonds is 5. The molecule has 0 fully saturated rings. The molecule has 0 radical (unpaired) electrons. The van der Waals surface area contributed by atoms with Gasteiger partial charge in [0.15, 0.2) is 4.34 Å². The molecule has 2 aromatic heterocycles. The highest BCUT2D eigenvalue weighted by molar-refractivity contribution is 8.02. The molecule has 1 aliphatic carbocycles. The molecule has 0 bridgehead atoms. The number of aromatic nitrogens is 2. The minimum absolute atomic E-state index is 0.153. The molecule has 0 spiro atoms. The Balaban J connectivity index is 1.79. The second-order valence-electron chi connectivity index (χ2n) is 6.38. The van der Waals surface area contributed by atoms with E-state index < -0.39 is 0 Å². The fourth-order valence-corrected chi connectivity index (χ4v) is 6.26. The second-order valence-corrected chi connectivity index (χ2v) is 10.3. The van der Waals surface area contributed by atoms with Gasteiger partial charge in [-0.25, -0.2) is 4.79 Å². The van der Waals surface area contributed by atoms with Crippen molar-refractivity contribution in [3.05, 3.63) is 21.0 Å². The van der Waals surface area contributed by atoms with Crippen molar-refractivity contribution in [3.8, 4) is 0 Å². The van der Waals surface area contributed by atoms with Crippen molar-refractivity contribution in [2.45, 2.75) is 49.6 Å². The molecular formula is C17H21N3O3S3. The fraction of sp³-hybridized carbons (Fsp3) is 0.529. The number of nitrogens with one attached hydrogen (secondary N) is 1. The van der Waals surface area contributed by atoms with E-state index in [4.69, 9.17) is 4.74 Å². The monoisotopic (exact) mass is 411 g/mol. The van der Waals surface area contributed by atoms with Crippen LogP contribution in [0.15, 0.2) is 4.34 Å². The third-order valence-electron chi connectivity index (χ3n) is 4.29. The van der Waals surface area contributed by atoms with Gasteiger partial charge in [0.1, 0.15) is 10.0 Å². The number of methoxy groups -OCH3 is 1. The Morgan fingerprint density at radius 3 is 2.77 bits per heavy atom. The number of carbonyl (C=O) groups is 2. The quantitative estimate of drug-likeness (QED) is 0.593. The van der Waals surface area contributed by atoms with Crippen molar-refractivity contribution in [3.63, 3.8) is 0 Å². The van der Waals surface area contributed by atoms with E-state index in [0.717, 1.165) is 34.2 Å². The first-order chi connectivity index (χ1) is 12.4. The normalized spacial score (nSPS) is 17.5. The maximum atomic E-state index is 12.6. The molecule has 0 saturated carbocycles. The van der Waals surface area contributed by atoms with E-state index in [9.17, 15) is 9.59 Å². The Kier molecular flexibility index (Phi) is 5.99. The third-order valence-corrected chi connectivity index (χ3v) is 7.48. The summed E-state index contributed by atoms with van der Waals surface area (Å²) >= 11 is 4.33. The molecule has 1 aliphatic rings. The van der Waals surface area contributed by atoms with E-state index in [2.05, 4.69) is 22.4 Å². The van der Waals surface area contributed by atoms with Gasteiger partial charge in [-0.2, -0.15) is 0 Å². The van der Waals surface area contributed by atoms with Crippen LogP contribution in [-0.2, 0) is 22.4 Å². The number of thioether (sulfide) groups is 1. The van der Waals surface area contributed by atoms with Crippen molar-refractivity contribution < 1.29 is 14.3 Å². The van der Waals surface area contributed by atoms with Crippen LogP contribution in [-0.4, -0.2) is 34.4 Å². The van der Waals surface area contributed by atoms with Gasteiger partial charge in [-0.3, -0.25) is 4.79 Å². The van der Waals surface area contributed by atoms with E-state index in [1.54, 1.807) is 0 Å². The lowest BCUT2D eigenvalue weighted by Crippen LogP contribution is -2.23. The number of ether oxygens (including phenoxy) is 1. The zero-order chi connectivity index (χ0) is 18.8. The number of fused-ring (bicyclic) bond motifs is 1. The standard InChI is InChI=1S/C17H21N3O3S3/c1-8-5-6-11-12(7-8)26-15(13(11)16(22)23-4)18-14(21)9(2)24-17-20-19-10(3)25-17/h8-9H,5-7H2,1-4H3,(H,18,21). The summed E-state index contributed by atoms with van der Waals surface area (Å²) < 4.78 is 5.72. The number of esters is 1. The van der Waals surface area contributed by atoms with E-state index in [-0.39, 0.29) is 17.1 Å². The summed E-state index contributed by atoms with van der Waals surface area (Å²) in [5.74, 6) is 0.0531. The minimum atomic E-state index is -0.382. The molecule has 2 aromatic rings. The number of anilines is 1. The Hall–Kier alpha value is -1.45. The van der Waals surface area contributed by atoms with Crippen LogP contribution in [0.3, 0.4) is 0 Å². The highest BCUT2D eigenvalue weighted by atomic mass is 32.2. The number of hydrogen-bond donors (Lipinski definition) is 1. The highest BCUT2D eigenvalue weighted by Crippen LogP contribution is 2.40. The largest absolute Gasteiger partial charge is 0.465 e. The van der Waals surface area contributed by atoms with Gasteiger partial charge < -0.3 is 10.1 Å². The average Bonchev–Trinajstić information content (AvgIpc) is 3.16. The molecule has 2 unspecified atom stereocenters. The molecule has 0 aliphatic heterocycles. The van der Waals surface area contributed by atoms with E-state index >= 15 is 0 Å². The van der Waals surface area contributed by atoms with Crippen LogP contribution in [0.5, 0.6) is 0 Å². The number of carbonyl (C=O) groups excluding carboxylic acids is 2. The number of hydrogen-bond acceptors (Lipinski definition) is 8. The minimum Gasteiger partial charge on any atom is -0.465 e. The molecule has 140 valence electrons. The molecular weight excluding hydrogens is 390 g/mol. The first kappa shape index (κ1) is 19.3. The summed E-state index contributed by atoms with van der Waals surface area (Å²) in [4.78, 5) is 26.1. The van der Waals surface area contributed by atoms with Crippen molar-refractivity contribution in [1.29, 1.82) is 0 Å². The Morgan fingerprint density at radius 1 is 1.35 bits per heavy atom. The van der Waals surface area contributed by atoms with Crippen LogP contribution in [0, 0.1) is 12.8 Å². The topological polar surface area (TPSA) is 81.2 Å². The predicted octanol–water partition coefficient (Wildman–Crippen LogP) is 3.94. The predicted molar refractivity (Wildman–Crippen MR) is 105 cm³/mol. The maximum Gasteiger partial charge on any atom is 0.341 e. The summed E-state index contributed by atoms with van der Waals surface area (Å²) in [6, 6.07) is 0. The molecule has 2 heterocycles. The third kappa shape index (κ3) is 4.10. The van der Waals surface area contributed by atoms with Crippen molar-refractivity contribution in [1.82, 2.24) is 10.2 Å². The first-order valence-corrected chi connectivity index (χ1v) is 10.9. The lowest BCUT2D eigenvalue weighted by molar-refractivity contribution is -0.115. The zero-order valence-corrected chi connectivity index (χ0v) is 17.6. The second kappa shape index (κ2) is 8.06. The van der Waals surface area contributed by atoms with Crippen LogP contribution in [0.2, 0.25) is 0 Å². The van der Waals surface area contributed by atoms with Gasteiger partial charge in [0, 0.05) is 4.88 Å². The van der Waals surface area contributed by atoms with Gasteiger partial charge in [0.05, 0.1) is 17.9 Å². The SMILES string of the molecule is COC(=O)c1c(NC(=O)C(C)Sc2nnc(C)s2)sc2c1CCC(C)C2. The fourth-order valence-electron chi connectivity index (χ4n) is 2.90. The van der Waals surface area contributed by atoms with Crippen molar-refractivity contribution in [2.75, 3.05) is 12.4 Å². The smallest absolute Gasteiger partial charge is 0.341 e. The van der Waals surface area contributed by atoms with Gasteiger partial charge >= 0.3 is 5.97 Å². The zero-order valence-electron chi connectivity index (χ0n) is 15.1. The van der Waals surface area contributed by atoms with Crippen LogP contribution >= 0.6 is 34.4 Å². The number of amides is 1. The Morgan fingerprint density at radius 2 is 2.12 bits per heavy atom. The average molecular weight is 412 g/mol. The summed E-state index contributed by atoms with van der Waals surface area (Å²) in [6.45, 7) is 5.91. The summed E-state index contributed by atoms with van der Waals surface area (Å²) in [7, 11) is 1.37. The lowest BCUT2D eigenvalue weighted by Gasteiger charge is -2.18. The first-order valence-electron chi connectivity index (χ1n) is 8.39. The van der Waals surface area contributed by atoms with Gasteiger partial charge in [-0.15, -0.1) is 21.5 Å². The maximum absolute atomic E-state index is 12.6. The van der Waals surface area contributed by atoms with Crippen molar-refractivity contribution >= 4 is 51.3 Å². The van der Waals surface area contributed by atoms with Gasteiger partial charge in [-0.1, -0.05) is 30.0 Å². The van der Waals surface area contributed by atoms with Crippen LogP contribution in [0.25, 0.3) is 0 Å². The van der Waals surface area contributed by atoms with Gasteiger partial charge in [-0.05, 0) is 44.6 Å². The lowest BCUT2D eigenvalue weighted by atomic mass is 9.88.